The number of ether oxygens (including phenoxy) is 12. The van der Waals surface area contributed by atoms with Gasteiger partial charge in [-0.15, -0.1) is 0 Å². The average molecular weight is 1130 g/mol. The van der Waals surface area contributed by atoms with Crippen LogP contribution in [0.4, 0.5) is 0 Å². The molecule has 0 bridgehead atoms. The van der Waals surface area contributed by atoms with Crippen molar-refractivity contribution in [2.45, 2.75) is 140 Å². The van der Waals surface area contributed by atoms with Crippen molar-refractivity contribution in [1.29, 1.82) is 0 Å². The van der Waals surface area contributed by atoms with Gasteiger partial charge in [0.15, 0.2) is 11.2 Å². The van der Waals surface area contributed by atoms with Crippen LogP contribution in [0.1, 0.15) is 96.9 Å². The summed E-state index contributed by atoms with van der Waals surface area (Å²) in [5.41, 5.74) is -5.36. The van der Waals surface area contributed by atoms with Crippen LogP contribution in [0.15, 0.2) is 45.4 Å². The van der Waals surface area contributed by atoms with Crippen molar-refractivity contribution in [2.75, 3.05) is 66.1 Å². The van der Waals surface area contributed by atoms with E-state index in [0.29, 0.717) is 0 Å². The summed E-state index contributed by atoms with van der Waals surface area (Å²) in [4.78, 5) is 27.6. The molecule has 2 rings (SSSR count). The van der Waals surface area contributed by atoms with Gasteiger partial charge in [0.2, 0.25) is 11.6 Å². The number of alkyl halides is 2. The van der Waals surface area contributed by atoms with Gasteiger partial charge in [-0.3, -0.25) is 0 Å². The van der Waals surface area contributed by atoms with E-state index in [1.54, 1.807) is 67.5 Å². The van der Waals surface area contributed by atoms with Crippen LogP contribution in [0.3, 0.4) is 0 Å². The SMILES string of the molecule is C=C(C)C(=O)OC1(OCC)C(Br)=CC(OCC)(C(C)(C)C2(OCC)C=C(Br)C(OCC)(OC(=O)C(=C)C)C(Br)(OCC)C2(OCC)OCC)C(OCC)(OCC)C1(Br)OCC. The Bertz CT molecular complexity index is 1500. The molecule has 0 spiro atoms. The first-order chi connectivity index (χ1) is 28.5. The largest absolute Gasteiger partial charge is 0.420 e. The molecule has 2 aliphatic rings. The van der Waals surface area contributed by atoms with Crippen molar-refractivity contribution in [3.05, 3.63) is 45.4 Å². The zero-order chi connectivity index (χ0) is 46.9. The van der Waals surface area contributed by atoms with Gasteiger partial charge in [-0.2, -0.15) is 0 Å². The average Bonchev–Trinajstić information content (AvgIpc) is 3.18. The van der Waals surface area contributed by atoms with Crippen LogP contribution in [-0.2, 0) is 66.4 Å². The molecule has 0 saturated carbocycles. The molecule has 0 aliphatic heterocycles. The molecule has 0 N–H and O–H groups in total. The van der Waals surface area contributed by atoms with Gasteiger partial charge in [0.25, 0.3) is 20.6 Å². The first-order valence-corrected chi connectivity index (χ1v) is 24.0. The van der Waals surface area contributed by atoms with Crippen molar-refractivity contribution in [2.24, 2.45) is 5.41 Å². The van der Waals surface area contributed by atoms with E-state index < -0.39 is 60.7 Å². The Balaban J connectivity index is 3.75. The minimum atomic E-state index is -2.20. The summed E-state index contributed by atoms with van der Waals surface area (Å²) in [5, 5.41) is 0. The highest BCUT2D eigenvalue weighted by atomic mass is 79.9. The summed E-state index contributed by atoms with van der Waals surface area (Å²) in [5.74, 6) is -10.3. The molecule has 18 heteroatoms. The van der Waals surface area contributed by atoms with Crippen molar-refractivity contribution >= 4 is 75.7 Å². The Morgan fingerprint density at radius 2 is 0.738 bits per heavy atom. The number of rotatable bonds is 26. The highest BCUT2D eigenvalue weighted by molar-refractivity contribution is 9.12. The molecular weight excluding hydrogens is 1060 g/mol. The Labute approximate surface area is 396 Å². The van der Waals surface area contributed by atoms with Crippen molar-refractivity contribution in [3.63, 3.8) is 0 Å². The smallest absolute Gasteiger partial charge is 0.336 e. The molecule has 0 radical (unpaired) electrons. The summed E-state index contributed by atoms with van der Waals surface area (Å²) in [6.07, 6.45) is 3.38. The minimum absolute atomic E-state index is 0.00227. The molecule has 352 valence electrons. The molecule has 0 heterocycles. The highest BCUT2D eigenvalue weighted by Gasteiger charge is 2.89. The minimum Gasteiger partial charge on any atom is -0.420 e. The van der Waals surface area contributed by atoms with E-state index in [4.69, 9.17) is 56.8 Å². The lowest BCUT2D eigenvalue weighted by molar-refractivity contribution is -0.463. The third kappa shape index (κ3) is 8.54. The van der Waals surface area contributed by atoms with E-state index in [9.17, 15) is 9.59 Å². The van der Waals surface area contributed by atoms with E-state index in [1.165, 1.54) is 13.8 Å². The zero-order valence-corrected chi connectivity index (χ0v) is 44.7. The predicted molar refractivity (Wildman–Crippen MR) is 246 cm³/mol. The fraction of sp³-hybridized carbons (Fsp3) is 0.767. The normalized spacial score (nSPS) is 30.9. The monoisotopic (exact) mass is 1120 g/mol. The van der Waals surface area contributed by atoms with E-state index >= 15 is 0 Å². The van der Waals surface area contributed by atoms with Crippen LogP contribution in [0, 0.1) is 5.41 Å². The lowest BCUT2D eigenvalue weighted by atomic mass is 9.52. The van der Waals surface area contributed by atoms with Gasteiger partial charge in [0, 0.05) is 82.6 Å². The third-order valence-corrected chi connectivity index (χ3v) is 14.6. The lowest BCUT2D eigenvalue weighted by Gasteiger charge is -2.71. The summed E-state index contributed by atoms with van der Waals surface area (Å²) in [6.45, 7) is 32.4. The number of carbonyl (C=O) groups is 2. The van der Waals surface area contributed by atoms with Gasteiger partial charge < -0.3 is 56.8 Å². The summed E-state index contributed by atoms with van der Waals surface area (Å²) >= 11 is 15.6. The maximum absolute atomic E-state index is 13.8. The van der Waals surface area contributed by atoms with E-state index in [1.807, 2.05) is 27.7 Å². The van der Waals surface area contributed by atoms with Gasteiger partial charge in [0.05, 0.1) is 8.96 Å². The van der Waals surface area contributed by atoms with E-state index in [-0.39, 0.29) is 86.2 Å². The molecule has 0 amide bonds. The molecule has 0 saturated heterocycles. The van der Waals surface area contributed by atoms with Crippen LogP contribution >= 0.6 is 63.7 Å². The first-order valence-electron chi connectivity index (χ1n) is 20.8. The van der Waals surface area contributed by atoms with Crippen LogP contribution in [0.2, 0.25) is 0 Å². The highest BCUT2D eigenvalue weighted by Crippen LogP contribution is 2.72. The Morgan fingerprint density at radius 1 is 0.492 bits per heavy atom. The van der Waals surface area contributed by atoms with Crippen LogP contribution < -0.4 is 0 Å². The maximum atomic E-state index is 13.8. The van der Waals surface area contributed by atoms with Gasteiger partial charge in [-0.1, -0.05) is 27.0 Å². The molecule has 0 aromatic heterocycles. The number of carbonyl (C=O) groups excluding carboxylic acids is 2. The van der Waals surface area contributed by atoms with Crippen molar-refractivity contribution in [3.8, 4) is 0 Å². The standard InChI is InChI=1S/C43H68Br4O14/c1-17-50-36(27-31(44)38(52-19-3,60-33(48)29(11)12)40(46,54-21-5)42(36,56-23-7)57-24-8)35(15,16)37(51-18-2)28-32(45)39(53-20-4,61-34(49)30(13)14)41(47,55-22-6)43(37,58-25-9)59-26-10/h27-28H,11,13,17-26H2,1-10,12,14-16H3. The van der Waals surface area contributed by atoms with Crippen LogP contribution in [0.25, 0.3) is 0 Å². The van der Waals surface area contributed by atoms with E-state index in [2.05, 4.69) is 76.9 Å². The number of hydrogen-bond acceptors (Lipinski definition) is 14. The number of halogens is 4. The molecule has 6 atom stereocenters. The first kappa shape index (κ1) is 56.5. The van der Waals surface area contributed by atoms with Crippen molar-refractivity contribution in [1.82, 2.24) is 0 Å². The fourth-order valence-electron chi connectivity index (χ4n) is 8.43. The Hall–Kier alpha value is -0.580. The van der Waals surface area contributed by atoms with Gasteiger partial charge in [0.1, 0.15) is 0 Å². The number of hydrogen-bond donors (Lipinski definition) is 0. The molecule has 0 aromatic carbocycles. The summed E-state index contributed by atoms with van der Waals surface area (Å²) < 4.78 is 78.0. The topological polar surface area (TPSA) is 145 Å². The van der Waals surface area contributed by atoms with Crippen LogP contribution in [0.5, 0.6) is 0 Å². The Kier molecular flexibility index (Phi) is 20.6. The van der Waals surface area contributed by atoms with Gasteiger partial charge in [-0.05, 0) is 159 Å². The van der Waals surface area contributed by atoms with Crippen LogP contribution in [-0.4, -0.2) is 121 Å². The lowest BCUT2D eigenvalue weighted by Crippen LogP contribution is -2.89. The second kappa shape index (κ2) is 22.3. The molecule has 2 aliphatic carbocycles. The maximum Gasteiger partial charge on any atom is 0.336 e. The molecule has 6 unspecified atom stereocenters. The number of esters is 2. The second-order valence-corrected chi connectivity index (χ2v) is 18.3. The molecule has 0 aromatic rings. The molecule has 0 fully saturated rings. The molecular formula is C43H68Br4O14. The van der Waals surface area contributed by atoms with Gasteiger partial charge >= 0.3 is 11.9 Å². The Morgan fingerprint density at radius 3 is 0.951 bits per heavy atom. The molecule has 61 heavy (non-hydrogen) atoms. The predicted octanol–water partition coefficient (Wildman–Crippen LogP) is 9.65. The molecule has 14 nitrogen and oxygen atoms in total. The second-order valence-electron chi connectivity index (χ2n) is 14.4. The fourth-order valence-corrected chi connectivity index (χ4v) is 12.9. The zero-order valence-electron chi connectivity index (χ0n) is 38.4. The van der Waals surface area contributed by atoms with Crippen molar-refractivity contribution < 1.29 is 66.4 Å². The summed E-state index contributed by atoms with van der Waals surface area (Å²) in [7, 11) is 0. The van der Waals surface area contributed by atoms with Gasteiger partial charge in [-0.25, -0.2) is 9.59 Å². The quantitative estimate of drug-likeness (QED) is 0.0351. The third-order valence-electron chi connectivity index (χ3n) is 10.5. The summed E-state index contributed by atoms with van der Waals surface area (Å²) in [6, 6.07) is 0. The van der Waals surface area contributed by atoms with E-state index in [0.717, 1.165) is 0 Å².